The van der Waals surface area contributed by atoms with Crippen molar-refractivity contribution in [2.24, 2.45) is 4.99 Å². The highest BCUT2D eigenvalue weighted by atomic mass is 127. The first kappa shape index (κ1) is 22.0. The minimum Gasteiger partial charge on any atom is -0.450 e. The van der Waals surface area contributed by atoms with Gasteiger partial charge in [0.05, 0.1) is 24.8 Å². The molecular weight excluding hydrogens is 445 g/mol. The Morgan fingerprint density at radius 3 is 2.58 bits per heavy atom. The number of carbonyl (C=O) groups excluding carboxylic acids is 1. The van der Waals surface area contributed by atoms with Crippen LogP contribution in [-0.4, -0.2) is 61.2 Å². The number of piperazine rings is 1. The molecule has 1 N–H and O–H groups in total. The summed E-state index contributed by atoms with van der Waals surface area (Å²) in [5.74, 6) is 0.827. The Bertz CT molecular complexity index is 651. The molecule has 1 aromatic carbocycles. The average molecular weight is 471 g/mol. The maximum atomic E-state index is 11.8. The molecule has 1 heterocycles. The van der Waals surface area contributed by atoms with Crippen LogP contribution >= 0.6 is 24.0 Å². The molecule has 1 aliphatic rings. The summed E-state index contributed by atoms with van der Waals surface area (Å²) in [5.41, 5.74) is 1.64. The van der Waals surface area contributed by atoms with Crippen molar-refractivity contribution >= 4 is 36.0 Å². The van der Waals surface area contributed by atoms with Crippen LogP contribution in [0.3, 0.4) is 0 Å². The Balaban J connectivity index is 0.00000338. The van der Waals surface area contributed by atoms with Crippen LogP contribution in [-0.2, 0) is 11.3 Å². The first-order valence-electron chi connectivity index (χ1n) is 8.62. The van der Waals surface area contributed by atoms with Crippen molar-refractivity contribution in [3.05, 3.63) is 35.4 Å². The number of nitrogens with zero attached hydrogens (tertiary/aromatic N) is 4. The summed E-state index contributed by atoms with van der Waals surface area (Å²) in [6.07, 6.45) is -0.252. The third-order valence-electron chi connectivity index (χ3n) is 3.91. The molecule has 7 nitrogen and oxygen atoms in total. The zero-order valence-corrected chi connectivity index (χ0v) is 17.6. The Hall–Kier alpha value is -2.02. The van der Waals surface area contributed by atoms with Gasteiger partial charge >= 0.3 is 6.09 Å². The second kappa shape index (κ2) is 11.6. The largest absolute Gasteiger partial charge is 0.450 e. The van der Waals surface area contributed by atoms with Gasteiger partial charge in [0, 0.05) is 32.7 Å². The van der Waals surface area contributed by atoms with E-state index in [-0.39, 0.29) is 30.1 Å². The van der Waals surface area contributed by atoms with Gasteiger partial charge in [0.15, 0.2) is 5.96 Å². The van der Waals surface area contributed by atoms with Gasteiger partial charge in [-0.25, -0.2) is 9.79 Å². The zero-order chi connectivity index (χ0) is 18.1. The fraction of sp³-hybridized carbons (Fsp3) is 0.500. The lowest BCUT2D eigenvalue weighted by Crippen LogP contribution is -2.53. The molecule has 1 aliphatic heterocycles. The summed E-state index contributed by atoms with van der Waals surface area (Å²) in [7, 11) is 0. The standard InChI is InChI=1S/C18H25N5O2.HI/c1-3-20-17(21-14-16-7-5-6-15(12-16)13-19)22-8-10-23(11-9-22)18(24)25-4-2;/h5-7,12H,3-4,8-11,14H2,1-2H3,(H,20,21);1H. The molecule has 142 valence electrons. The van der Waals surface area contributed by atoms with Crippen LogP contribution < -0.4 is 5.32 Å². The Kier molecular flexibility index (Phi) is 9.80. The molecule has 0 radical (unpaired) electrons. The van der Waals surface area contributed by atoms with Crippen LogP contribution in [0, 0.1) is 11.3 Å². The van der Waals surface area contributed by atoms with Crippen LogP contribution in [0.2, 0.25) is 0 Å². The van der Waals surface area contributed by atoms with E-state index < -0.39 is 0 Å². The van der Waals surface area contributed by atoms with Crippen molar-refractivity contribution < 1.29 is 9.53 Å². The van der Waals surface area contributed by atoms with Gasteiger partial charge in [0.2, 0.25) is 0 Å². The van der Waals surface area contributed by atoms with Gasteiger partial charge in [-0.05, 0) is 31.5 Å². The highest BCUT2D eigenvalue weighted by Crippen LogP contribution is 2.08. The lowest BCUT2D eigenvalue weighted by atomic mass is 10.1. The van der Waals surface area contributed by atoms with Gasteiger partial charge in [-0.15, -0.1) is 24.0 Å². The fourth-order valence-electron chi connectivity index (χ4n) is 2.65. The van der Waals surface area contributed by atoms with Crippen molar-refractivity contribution in [2.75, 3.05) is 39.3 Å². The van der Waals surface area contributed by atoms with Crippen LogP contribution in [0.4, 0.5) is 4.79 Å². The van der Waals surface area contributed by atoms with Crippen LogP contribution in [0.1, 0.15) is 25.0 Å². The number of aliphatic imine (C=N–C) groups is 1. The Morgan fingerprint density at radius 2 is 1.96 bits per heavy atom. The fourth-order valence-corrected chi connectivity index (χ4v) is 2.65. The number of benzene rings is 1. The van der Waals surface area contributed by atoms with Gasteiger partial charge in [0.25, 0.3) is 0 Å². The lowest BCUT2D eigenvalue weighted by molar-refractivity contribution is 0.0914. The van der Waals surface area contributed by atoms with Crippen molar-refractivity contribution in [1.29, 1.82) is 5.26 Å². The first-order valence-corrected chi connectivity index (χ1v) is 8.62. The summed E-state index contributed by atoms with van der Waals surface area (Å²) in [6, 6.07) is 9.62. The minimum absolute atomic E-state index is 0. The number of hydrogen-bond donors (Lipinski definition) is 1. The van der Waals surface area contributed by atoms with E-state index >= 15 is 0 Å². The summed E-state index contributed by atoms with van der Waals surface area (Å²) >= 11 is 0. The number of amides is 1. The molecule has 8 heteroatoms. The molecule has 1 fully saturated rings. The molecule has 0 aliphatic carbocycles. The van der Waals surface area contributed by atoms with Gasteiger partial charge in [-0.3, -0.25) is 0 Å². The van der Waals surface area contributed by atoms with Crippen molar-refractivity contribution in [1.82, 2.24) is 15.1 Å². The van der Waals surface area contributed by atoms with E-state index in [4.69, 9.17) is 10.00 Å². The maximum Gasteiger partial charge on any atom is 0.409 e. The topological polar surface area (TPSA) is 81.0 Å². The van der Waals surface area contributed by atoms with Crippen LogP contribution in [0.5, 0.6) is 0 Å². The van der Waals surface area contributed by atoms with Gasteiger partial charge < -0.3 is 19.9 Å². The number of halogens is 1. The molecule has 2 rings (SSSR count). The Morgan fingerprint density at radius 1 is 1.27 bits per heavy atom. The van der Waals surface area contributed by atoms with E-state index in [1.54, 1.807) is 11.0 Å². The first-order chi connectivity index (χ1) is 12.2. The summed E-state index contributed by atoms with van der Waals surface area (Å²) in [5, 5.41) is 12.3. The monoisotopic (exact) mass is 471 g/mol. The smallest absolute Gasteiger partial charge is 0.409 e. The molecule has 0 atom stereocenters. The van der Waals surface area contributed by atoms with E-state index in [1.807, 2.05) is 32.0 Å². The molecule has 26 heavy (non-hydrogen) atoms. The molecule has 0 unspecified atom stereocenters. The van der Waals surface area contributed by atoms with E-state index in [0.29, 0.717) is 44.9 Å². The van der Waals surface area contributed by atoms with Gasteiger partial charge in [-0.1, -0.05) is 12.1 Å². The van der Waals surface area contributed by atoms with E-state index in [2.05, 4.69) is 21.3 Å². The number of nitriles is 1. The maximum absolute atomic E-state index is 11.8. The van der Waals surface area contributed by atoms with Crippen LogP contribution in [0.15, 0.2) is 29.3 Å². The summed E-state index contributed by atoms with van der Waals surface area (Å²) in [4.78, 5) is 20.3. The number of hydrogen-bond acceptors (Lipinski definition) is 4. The molecule has 1 saturated heterocycles. The molecule has 0 bridgehead atoms. The minimum atomic E-state index is -0.252. The van der Waals surface area contributed by atoms with E-state index in [0.717, 1.165) is 18.1 Å². The van der Waals surface area contributed by atoms with Crippen molar-refractivity contribution in [3.8, 4) is 6.07 Å². The number of carbonyl (C=O) groups is 1. The number of nitrogens with one attached hydrogen (secondary N) is 1. The van der Waals surface area contributed by atoms with Gasteiger partial charge in [0.1, 0.15) is 0 Å². The lowest BCUT2D eigenvalue weighted by Gasteiger charge is -2.35. The highest BCUT2D eigenvalue weighted by molar-refractivity contribution is 14.0. The highest BCUT2D eigenvalue weighted by Gasteiger charge is 2.23. The molecule has 1 aromatic rings. The average Bonchev–Trinajstić information content (AvgIpc) is 2.65. The van der Waals surface area contributed by atoms with Gasteiger partial charge in [-0.2, -0.15) is 5.26 Å². The molecule has 0 spiro atoms. The van der Waals surface area contributed by atoms with Crippen molar-refractivity contribution in [3.63, 3.8) is 0 Å². The van der Waals surface area contributed by atoms with E-state index in [9.17, 15) is 4.79 Å². The normalized spacial score (nSPS) is 14.3. The zero-order valence-electron chi connectivity index (χ0n) is 15.3. The number of guanidine groups is 1. The third-order valence-corrected chi connectivity index (χ3v) is 3.91. The van der Waals surface area contributed by atoms with E-state index in [1.165, 1.54) is 0 Å². The second-order valence-corrected chi connectivity index (χ2v) is 5.66. The summed E-state index contributed by atoms with van der Waals surface area (Å²) in [6.45, 7) is 8.17. The number of ether oxygens (including phenoxy) is 1. The summed E-state index contributed by atoms with van der Waals surface area (Å²) < 4.78 is 5.05. The quantitative estimate of drug-likeness (QED) is 0.415. The predicted octanol–water partition coefficient (Wildman–Crippen LogP) is 2.42. The molecule has 0 saturated carbocycles. The Labute approximate surface area is 172 Å². The molecule has 1 amide bonds. The number of rotatable bonds is 4. The third kappa shape index (κ3) is 6.37. The second-order valence-electron chi connectivity index (χ2n) is 5.66. The SMILES string of the molecule is CCNC(=NCc1cccc(C#N)c1)N1CCN(C(=O)OCC)CC1.I. The van der Waals surface area contributed by atoms with Crippen molar-refractivity contribution in [2.45, 2.75) is 20.4 Å². The molecular formula is C18H26IN5O2. The predicted molar refractivity (Wildman–Crippen MR) is 112 cm³/mol. The molecule has 0 aromatic heterocycles. The van der Waals surface area contributed by atoms with Crippen LogP contribution in [0.25, 0.3) is 0 Å².